The standard InChI is InChI=1S/C15H17F2N3OS/c1-10(21)18-9-15(17)4-6-20(7-5-15)14-19-12-3-2-11(16)8-13(12)22-14/h2-3,8H,4-7,9H2,1H3,(H,18,21). The van der Waals surface area contributed by atoms with Crippen LogP contribution in [0.5, 0.6) is 0 Å². The zero-order valence-electron chi connectivity index (χ0n) is 12.2. The zero-order valence-corrected chi connectivity index (χ0v) is 13.1. The van der Waals surface area contributed by atoms with Gasteiger partial charge in [-0.3, -0.25) is 4.79 Å². The summed E-state index contributed by atoms with van der Waals surface area (Å²) >= 11 is 1.42. The summed E-state index contributed by atoms with van der Waals surface area (Å²) in [7, 11) is 0. The number of halogens is 2. The van der Waals surface area contributed by atoms with Gasteiger partial charge in [-0.1, -0.05) is 11.3 Å². The number of hydrogen-bond acceptors (Lipinski definition) is 4. The highest BCUT2D eigenvalue weighted by Gasteiger charge is 2.35. The number of fused-ring (bicyclic) bond motifs is 1. The van der Waals surface area contributed by atoms with Crippen molar-refractivity contribution in [2.75, 3.05) is 24.5 Å². The maximum atomic E-state index is 14.6. The largest absolute Gasteiger partial charge is 0.353 e. The van der Waals surface area contributed by atoms with E-state index < -0.39 is 5.67 Å². The highest BCUT2D eigenvalue weighted by atomic mass is 32.1. The number of aromatic nitrogens is 1. The molecule has 1 aromatic carbocycles. The van der Waals surface area contributed by atoms with E-state index in [4.69, 9.17) is 0 Å². The van der Waals surface area contributed by atoms with Crippen LogP contribution in [0.1, 0.15) is 19.8 Å². The van der Waals surface area contributed by atoms with Crippen molar-refractivity contribution in [2.24, 2.45) is 0 Å². The maximum absolute atomic E-state index is 14.6. The lowest BCUT2D eigenvalue weighted by atomic mass is 9.93. The van der Waals surface area contributed by atoms with Gasteiger partial charge in [0.1, 0.15) is 11.5 Å². The molecule has 3 rings (SSSR count). The number of carbonyl (C=O) groups excluding carboxylic acids is 1. The fourth-order valence-corrected chi connectivity index (χ4v) is 3.62. The SMILES string of the molecule is CC(=O)NCC1(F)CCN(c2nc3ccc(F)cc3s2)CC1. The Bertz CT molecular complexity index is 695. The second-order valence-corrected chi connectivity index (χ2v) is 6.67. The Kier molecular flexibility index (Phi) is 3.99. The van der Waals surface area contributed by atoms with Crippen molar-refractivity contribution in [3.63, 3.8) is 0 Å². The van der Waals surface area contributed by atoms with Gasteiger partial charge in [0.15, 0.2) is 5.13 Å². The third-order valence-electron chi connectivity index (χ3n) is 3.92. The molecule has 0 bridgehead atoms. The van der Waals surface area contributed by atoms with Crippen molar-refractivity contribution in [2.45, 2.75) is 25.4 Å². The first-order valence-electron chi connectivity index (χ1n) is 7.20. The van der Waals surface area contributed by atoms with Crippen LogP contribution in [0, 0.1) is 5.82 Å². The minimum Gasteiger partial charge on any atom is -0.353 e. The Morgan fingerprint density at radius 3 is 2.86 bits per heavy atom. The fourth-order valence-electron chi connectivity index (χ4n) is 2.58. The predicted octanol–water partition coefficient (Wildman–Crippen LogP) is 2.88. The molecule has 0 saturated carbocycles. The average molecular weight is 325 g/mol. The van der Waals surface area contributed by atoms with Gasteiger partial charge in [-0.15, -0.1) is 0 Å². The average Bonchev–Trinajstić information content (AvgIpc) is 2.89. The lowest BCUT2D eigenvalue weighted by molar-refractivity contribution is -0.119. The molecule has 1 aromatic heterocycles. The monoisotopic (exact) mass is 325 g/mol. The van der Waals surface area contributed by atoms with Crippen molar-refractivity contribution in [1.82, 2.24) is 10.3 Å². The Balaban J connectivity index is 1.68. The summed E-state index contributed by atoms with van der Waals surface area (Å²) in [5.41, 5.74) is -0.595. The molecule has 0 atom stereocenters. The summed E-state index contributed by atoms with van der Waals surface area (Å²) in [6, 6.07) is 4.52. The molecular formula is C15H17F2N3OS. The molecule has 2 heterocycles. The van der Waals surface area contributed by atoms with Gasteiger partial charge < -0.3 is 10.2 Å². The Hall–Kier alpha value is -1.76. The molecule has 7 heteroatoms. The molecule has 0 unspecified atom stereocenters. The summed E-state index contributed by atoms with van der Waals surface area (Å²) < 4.78 is 28.6. The fraction of sp³-hybridized carbons (Fsp3) is 0.467. The Morgan fingerprint density at radius 2 is 2.18 bits per heavy atom. The first-order chi connectivity index (χ1) is 10.5. The number of amides is 1. The van der Waals surface area contributed by atoms with E-state index in [1.54, 1.807) is 6.07 Å². The lowest BCUT2D eigenvalue weighted by Gasteiger charge is -2.36. The van der Waals surface area contributed by atoms with Crippen LogP contribution in [0.15, 0.2) is 18.2 Å². The van der Waals surface area contributed by atoms with E-state index in [1.165, 1.54) is 30.4 Å². The van der Waals surface area contributed by atoms with Crippen LogP contribution in [0.3, 0.4) is 0 Å². The van der Waals surface area contributed by atoms with Crippen molar-refractivity contribution in [3.05, 3.63) is 24.0 Å². The number of alkyl halides is 1. The molecule has 0 radical (unpaired) electrons. The molecule has 1 aliphatic heterocycles. The molecule has 2 aromatic rings. The Labute approximate surface area is 131 Å². The molecule has 22 heavy (non-hydrogen) atoms. The molecule has 0 aliphatic carbocycles. The Morgan fingerprint density at radius 1 is 1.45 bits per heavy atom. The molecule has 1 aliphatic rings. The topological polar surface area (TPSA) is 45.2 Å². The normalized spacial score (nSPS) is 17.7. The summed E-state index contributed by atoms with van der Waals surface area (Å²) in [5.74, 6) is -0.493. The third kappa shape index (κ3) is 3.19. The van der Waals surface area contributed by atoms with Gasteiger partial charge in [-0.05, 0) is 18.2 Å². The smallest absolute Gasteiger partial charge is 0.216 e. The highest BCUT2D eigenvalue weighted by Crippen LogP contribution is 2.34. The van der Waals surface area contributed by atoms with Crippen molar-refractivity contribution in [3.8, 4) is 0 Å². The molecule has 1 N–H and O–H groups in total. The second kappa shape index (κ2) is 5.79. The van der Waals surface area contributed by atoms with Gasteiger partial charge >= 0.3 is 0 Å². The maximum Gasteiger partial charge on any atom is 0.216 e. The second-order valence-electron chi connectivity index (χ2n) is 5.66. The third-order valence-corrected chi connectivity index (χ3v) is 5.00. The van der Waals surface area contributed by atoms with Crippen LogP contribution in [0.4, 0.5) is 13.9 Å². The van der Waals surface area contributed by atoms with Crippen LogP contribution >= 0.6 is 11.3 Å². The summed E-state index contributed by atoms with van der Waals surface area (Å²) in [4.78, 5) is 17.4. The van der Waals surface area contributed by atoms with Gasteiger partial charge in [-0.25, -0.2) is 13.8 Å². The number of anilines is 1. The molecule has 0 spiro atoms. The number of nitrogens with zero attached hydrogens (tertiary/aromatic N) is 2. The van der Waals surface area contributed by atoms with Gasteiger partial charge in [0.05, 0.1) is 16.8 Å². The molecule has 118 valence electrons. The van der Waals surface area contributed by atoms with Crippen molar-refractivity contribution >= 4 is 32.6 Å². The van der Waals surface area contributed by atoms with E-state index in [2.05, 4.69) is 10.3 Å². The van der Waals surface area contributed by atoms with Crippen LogP contribution in [-0.2, 0) is 4.79 Å². The van der Waals surface area contributed by atoms with E-state index in [9.17, 15) is 13.6 Å². The first kappa shape index (κ1) is 15.1. The summed E-state index contributed by atoms with van der Waals surface area (Å²) in [5, 5.41) is 3.34. The minimum atomic E-state index is -1.36. The number of hydrogen-bond donors (Lipinski definition) is 1. The van der Waals surface area contributed by atoms with Gasteiger partial charge in [0.2, 0.25) is 5.91 Å². The summed E-state index contributed by atoms with van der Waals surface area (Å²) in [6.07, 6.45) is 0.690. The summed E-state index contributed by atoms with van der Waals surface area (Å²) in [6.45, 7) is 2.52. The van der Waals surface area contributed by atoms with Crippen LogP contribution in [-0.4, -0.2) is 36.2 Å². The number of piperidine rings is 1. The highest BCUT2D eigenvalue weighted by molar-refractivity contribution is 7.22. The van der Waals surface area contributed by atoms with Crippen molar-refractivity contribution in [1.29, 1.82) is 0 Å². The van der Waals surface area contributed by atoms with Gasteiger partial charge in [0, 0.05) is 32.9 Å². The molecule has 1 amide bonds. The van der Waals surface area contributed by atoms with Crippen LogP contribution < -0.4 is 10.2 Å². The molecule has 1 fully saturated rings. The molecule has 1 saturated heterocycles. The number of benzene rings is 1. The van der Waals surface area contributed by atoms with E-state index in [1.807, 2.05) is 4.90 Å². The van der Waals surface area contributed by atoms with Gasteiger partial charge in [0.25, 0.3) is 0 Å². The number of nitrogens with one attached hydrogen (secondary N) is 1. The van der Waals surface area contributed by atoms with Gasteiger partial charge in [-0.2, -0.15) is 0 Å². The van der Waals surface area contributed by atoms with E-state index in [-0.39, 0.29) is 18.3 Å². The zero-order chi connectivity index (χ0) is 15.7. The van der Waals surface area contributed by atoms with E-state index in [0.717, 1.165) is 15.3 Å². The first-order valence-corrected chi connectivity index (χ1v) is 8.01. The number of rotatable bonds is 3. The van der Waals surface area contributed by atoms with Crippen LogP contribution in [0.25, 0.3) is 10.2 Å². The van der Waals surface area contributed by atoms with E-state index in [0.29, 0.717) is 25.9 Å². The van der Waals surface area contributed by atoms with Crippen LogP contribution in [0.2, 0.25) is 0 Å². The number of carbonyl (C=O) groups is 1. The minimum absolute atomic E-state index is 0.0568. The lowest BCUT2D eigenvalue weighted by Crippen LogP contribution is -2.48. The van der Waals surface area contributed by atoms with Crippen molar-refractivity contribution < 1.29 is 13.6 Å². The quantitative estimate of drug-likeness (QED) is 0.944. The number of thiazole rings is 1. The molecular weight excluding hydrogens is 308 g/mol. The predicted molar refractivity (Wildman–Crippen MR) is 83.5 cm³/mol. The molecule has 4 nitrogen and oxygen atoms in total. The van der Waals surface area contributed by atoms with E-state index >= 15 is 0 Å².